The van der Waals surface area contributed by atoms with Crippen LogP contribution in [0, 0.1) is 6.92 Å². The van der Waals surface area contributed by atoms with Gasteiger partial charge in [-0.15, -0.1) is 0 Å². The number of hydrogen-bond donors (Lipinski definition) is 3. The van der Waals surface area contributed by atoms with Gasteiger partial charge in [-0.25, -0.2) is 9.98 Å². The van der Waals surface area contributed by atoms with Crippen LogP contribution in [0.3, 0.4) is 0 Å². The minimum Gasteiger partial charge on any atom is -0.459 e. The first-order valence-electron chi connectivity index (χ1n) is 7.67. The van der Waals surface area contributed by atoms with Crippen molar-refractivity contribution >= 4 is 11.5 Å². The van der Waals surface area contributed by atoms with Gasteiger partial charge in [-0.05, 0) is 33.0 Å². The molecule has 1 aromatic rings. The Morgan fingerprint density at radius 2 is 2.04 bits per heavy atom. The molecule has 1 aromatic carbocycles. The monoisotopic (exact) mass is 325 g/mol. The molecule has 6 nitrogen and oxygen atoms in total. The van der Waals surface area contributed by atoms with Crippen molar-refractivity contribution in [3.8, 4) is 0 Å². The Balaban J connectivity index is 2.53. The van der Waals surface area contributed by atoms with Crippen LogP contribution in [0.5, 0.6) is 0 Å². The number of aliphatic imine (C=N–C) groups is 2. The maximum absolute atomic E-state index is 5.74. The Labute approximate surface area is 142 Å². The Bertz CT molecular complexity index is 722. The van der Waals surface area contributed by atoms with E-state index in [2.05, 4.69) is 15.3 Å². The smallest absolute Gasteiger partial charge is 0.268 e. The molecule has 126 valence electrons. The van der Waals surface area contributed by atoms with E-state index in [0.29, 0.717) is 11.5 Å². The lowest BCUT2D eigenvalue weighted by molar-refractivity contribution is 0.138. The number of hydrogen-bond acceptors (Lipinski definition) is 5. The van der Waals surface area contributed by atoms with Gasteiger partial charge in [0.2, 0.25) is 0 Å². The quantitative estimate of drug-likeness (QED) is 0.439. The summed E-state index contributed by atoms with van der Waals surface area (Å²) >= 11 is 0. The Morgan fingerprint density at radius 1 is 1.33 bits per heavy atom. The number of aryl methyl sites for hydroxylation is 1. The normalized spacial score (nSPS) is 20.4. The highest BCUT2D eigenvalue weighted by atomic mass is 16.5. The summed E-state index contributed by atoms with van der Waals surface area (Å²) in [5, 5.41) is 3.21. The minimum absolute atomic E-state index is 0.429. The lowest BCUT2D eigenvalue weighted by atomic mass is 10.0. The lowest BCUT2D eigenvalue weighted by Crippen LogP contribution is -2.24. The van der Waals surface area contributed by atoms with Gasteiger partial charge in [0.1, 0.15) is 0 Å². The Kier molecular flexibility index (Phi) is 5.78. The molecule has 1 aliphatic rings. The summed E-state index contributed by atoms with van der Waals surface area (Å²) in [5.74, 6) is 0.429. The predicted molar refractivity (Wildman–Crippen MR) is 98.2 cm³/mol. The number of nitrogens with one attached hydrogen (secondary N) is 1. The SMILES string of the molecule is C/C=C\OC1N=C(c2ccc(C)cc2)C(=C(C=CN)N=C(C)N)N1. The van der Waals surface area contributed by atoms with Crippen LogP contribution in [0.25, 0.3) is 0 Å². The van der Waals surface area contributed by atoms with Gasteiger partial charge in [0.05, 0.1) is 29.2 Å². The zero-order chi connectivity index (χ0) is 17.5. The van der Waals surface area contributed by atoms with E-state index in [1.165, 1.54) is 11.8 Å². The molecular weight excluding hydrogens is 302 g/mol. The first kappa shape index (κ1) is 17.3. The van der Waals surface area contributed by atoms with Crippen LogP contribution in [0.1, 0.15) is 25.0 Å². The van der Waals surface area contributed by atoms with Gasteiger partial charge in [0.15, 0.2) is 0 Å². The third-order valence-corrected chi connectivity index (χ3v) is 3.23. The molecular formula is C18H23N5O. The molecule has 0 aliphatic carbocycles. The van der Waals surface area contributed by atoms with E-state index in [0.717, 1.165) is 17.0 Å². The first-order valence-corrected chi connectivity index (χ1v) is 7.67. The number of allylic oxidation sites excluding steroid dienone is 3. The third kappa shape index (κ3) is 4.25. The number of nitrogens with zero attached hydrogens (tertiary/aromatic N) is 2. The van der Waals surface area contributed by atoms with Gasteiger partial charge in [-0.2, -0.15) is 0 Å². The van der Waals surface area contributed by atoms with Crippen LogP contribution in [-0.4, -0.2) is 17.9 Å². The zero-order valence-electron chi connectivity index (χ0n) is 14.2. The molecule has 1 heterocycles. The van der Waals surface area contributed by atoms with E-state index in [9.17, 15) is 0 Å². The van der Waals surface area contributed by atoms with Crippen molar-refractivity contribution in [3.63, 3.8) is 0 Å². The summed E-state index contributed by atoms with van der Waals surface area (Å²) < 4.78 is 5.54. The highest BCUT2D eigenvalue weighted by Gasteiger charge is 2.25. The Hall–Kier alpha value is -3.02. The number of benzene rings is 1. The second-order valence-electron chi connectivity index (χ2n) is 5.32. The summed E-state index contributed by atoms with van der Waals surface area (Å²) in [7, 11) is 0. The summed E-state index contributed by atoms with van der Waals surface area (Å²) in [6, 6.07) is 8.09. The fourth-order valence-electron chi connectivity index (χ4n) is 2.21. The van der Waals surface area contributed by atoms with Crippen molar-refractivity contribution in [1.82, 2.24) is 5.32 Å². The van der Waals surface area contributed by atoms with Crippen molar-refractivity contribution in [2.75, 3.05) is 0 Å². The van der Waals surface area contributed by atoms with E-state index in [4.69, 9.17) is 16.2 Å². The molecule has 24 heavy (non-hydrogen) atoms. The van der Waals surface area contributed by atoms with Gasteiger partial charge in [-0.1, -0.05) is 35.9 Å². The summed E-state index contributed by atoms with van der Waals surface area (Å²) in [5.41, 5.74) is 15.5. The maximum atomic E-state index is 5.74. The lowest BCUT2D eigenvalue weighted by Gasteiger charge is -2.10. The average molecular weight is 325 g/mol. The molecule has 1 unspecified atom stereocenters. The fourth-order valence-corrected chi connectivity index (χ4v) is 2.21. The highest BCUT2D eigenvalue weighted by molar-refractivity contribution is 6.14. The van der Waals surface area contributed by atoms with Crippen LogP contribution >= 0.6 is 0 Å². The van der Waals surface area contributed by atoms with Gasteiger partial charge in [0, 0.05) is 5.56 Å². The minimum atomic E-state index is -0.526. The molecule has 1 aliphatic heterocycles. The predicted octanol–water partition coefficient (Wildman–Crippen LogP) is 2.28. The zero-order valence-corrected chi connectivity index (χ0v) is 14.2. The van der Waals surface area contributed by atoms with E-state index in [-0.39, 0.29) is 0 Å². The van der Waals surface area contributed by atoms with Crippen molar-refractivity contribution in [2.24, 2.45) is 21.5 Å². The molecule has 0 amide bonds. The Morgan fingerprint density at radius 3 is 2.62 bits per heavy atom. The second kappa shape index (κ2) is 8.01. The number of nitrogens with two attached hydrogens (primary N) is 2. The largest absolute Gasteiger partial charge is 0.459 e. The summed E-state index contributed by atoms with van der Waals surface area (Å²) in [4.78, 5) is 8.95. The van der Waals surface area contributed by atoms with Gasteiger partial charge in [-0.3, -0.25) is 0 Å². The average Bonchev–Trinajstić information content (AvgIpc) is 2.97. The molecule has 1 atom stereocenters. The highest BCUT2D eigenvalue weighted by Crippen LogP contribution is 2.21. The van der Waals surface area contributed by atoms with Crippen LogP contribution in [-0.2, 0) is 4.74 Å². The van der Waals surface area contributed by atoms with Crippen LogP contribution < -0.4 is 16.8 Å². The van der Waals surface area contributed by atoms with Gasteiger partial charge in [0.25, 0.3) is 6.35 Å². The van der Waals surface area contributed by atoms with E-state index in [1.54, 1.807) is 25.3 Å². The molecule has 0 bridgehead atoms. The van der Waals surface area contributed by atoms with Crippen LogP contribution in [0.2, 0.25) is 0 Å². The van der Waals surface area contributed by atoms with Gasteiger partial charge < -0.3 is 21.5 Å². The molecule has 6 heteroatoms. The van der Waals surface area contributed by atoms with E-state index in [1.807, 2.05) is 38.1 Å². The van der Waals surface area contributed by atoms with Crippen molar-refractivity contribution < 1.29 is 4.74 Å². The third-order valence-electron chi connectivity index (χ3n) is 3.23. The van der Waals surface area contributed by atoms with Crippen LogP contribution in [0.4, 0.5) is 0 Å². The fraction of sp³-hybridized carbons (Fsp3) is 0.222. The standard InChI is InChI=1S/C18H23N5O/c1-4-11-24-18-22-16(14-7-5-12(2)6-8-14)17(23-18)15(9-10-19)21-13(3)20/h4-11,18,23H,19H2,1-3H3,(H2,20,21)/b10-9?,11-4-,17-15?. The van der Waals surface area contributed by atoms with Gasteiger partial charge >= 0.3 is 0 Å². The van der Waals surface area contributed by atoms with E-state index >= 15 is 0 Å². The molecule has 0 spiro atoms. The van der Waals surface area contributed by atoms with Crippen LogP contribution in [0.15, 0.2) is 70.3 Å². The number of ether oxygens (including phenoxy) is 1. The first-order chi connectivity index (χ1) is 11.5. The van der Waals surface area contributed by atoms with Crippen molar-refractivity contribution in [2.45, 2.75) is 27.1 Å². The number of amidine groups is 1. The van der Waals surface area contributed by atoms with E-state index < -0.39 is 6.35 Å². The topological polar surface area (TPSA) is 98.0 Å². The molecule has 0 fully saturated rings. The molecule has 0 aromatic heterocycles. The van der Waals surface area contributed by atoms with Crippen molar-refractivity contribution in [3.05, 3.63) is 71.4 Å². The second-order valence-corrected chi connectivity index (χ2v) is 5.32. The molecule has 0 radical (unpaired) electrons. The maximum Gasteiger partial charge on any atom is 0.268 e. The van der Waals surface area contributed by atoms with Crippen molar-refractivity contribution in [1.29, 1.82) is 0 Å². The molecule has 2 rings (SSSR count). The summed E-state index contributed by atoms with van der Waals surface area (Å²) in [6.07, 6.45) is 5.96. The molecule has 0 saturated heterocycles. The number of rotatable bonds is 5. The summed E-state index contributed by atoms with van der Waals surface area (Å²) in [6.45, 7) is 5.63. The molecule has 5 N–H and O–H groups in total. The molecule has 0 saturated carbocycles.